The summed E-state index contributed by atoms with van der Waals surface area (Å²) < 4.78 is 0. The van der Waals surface area contributed by atoms with Crippen molar-refractivity contribution in [3.05, 3.63) is 70.6 Å². The minimum Gasteiger partial charge on any atom is -0.321 e. The molecule has 0 bridgehead atoms. The van der Waals surface area contributed by atoms with Crippen LogP contribution in [0.1, 0.15) is 5.69 Å². The van der Waals surface area contributed by atoms with Crippen LogP contribution in [-0.4, -0.2) is 15.0 Å². The average Bonchev–Trinajstić information content (AvgIpc) is 2.55. The van der Waals surface area contributed by atoms with Crippen LogP contribution in [-0.2, 0) is 0 Å². The lowest BCUT2D eigenvalue weighted by Crippen LogP contribution is -2.10. The lowest BCUT2D eigenvalue weighted by atomic mass is 10.1. The second kappa shape index (κ2) is 4.77. The largest absolute Gasteiger partial charge is 0.321 e. The highest BCUT2D eigenvalue weighted by atomic mass is 16.1. The van der Waals surface area contributed by atoms with E-state index in [4.69, 9.17) is 0 Å². The normalized spacial score (nSPS) is 11.1. The van der Waals surface area contributed by atoms with E-state index < -0.39 is 0 Å². The van der Waals surface area contributed by atoms with Crippen molar-refractivity contribution in [1.82, 2.24) is 15.0 Å². The van der Waals surface area contributed by atoms with Gasteiger partial charge in [-0.3, -0.25) is 4.79 Å². The monoisotopic (exact) mass is 287 g/mol. The smallest absolute Gasteiger partial charge is 0.259 e. The van der Waals surface area contributed by atoms with Gasteiger partial charge in [-0.2, -0.15) is 0 Å². The standard InChI is InChI=1S/C18H13N3O/c1-11-15-16(13-9-5-6-10-14(13)20-18(15)22)21-17(19-11)12-7-3-2-4-8-12/h2-10H,1H3,(H,20,22). The van der Waals surface area contributed by atoms with E-state index in [-0.39, 0.29) is 5.56 Å². The van der Waals surface area contributed by atoms with Crippen LogP contribution in [0.5, 0.6) is 0 Å². The van der Waals surface area contributed by atoms with Crippen LogP contribution in [0.3, 0.4) is 0 Å². The molecule has 0 aliphatic carbocycles. The number of fused-ring (bicyclic) bond motifs is 3. The molecule has 4 nitrogen and oxygen atoms in total. The fraction of sp³-hybridized carbons (Fsp3) is 0.0556. The molecule has 106 valence electrons. The van der Waals surface area contributed by atoms with Crippen LogP contribution >= 0.6 is 0 Å². The summed E-state index contributed by atoms with van der Waals surface area (Å²) in [6.45, 7) is 1.85. The number of hydrogen-bond donors (Lipinski definition) is 1. The number of benzene rings is 2. The number of nitrogens with one attached hydrogen (secondary N) is 1. The fourth-order valence-corrected chi connectivity index (χ4v) is 2.74. The maximum atomic E-state index is 12.3. The van der Waals surface area contributed by atoms with Crippen LogP contribution < -0.4 is 5.56 Å². The first-order chi connectivity index (χ1) is 10.7. The van der Waals surface area contributed by atoms with Crippen LogP contribution in [0, 0.1) is 6.92 Å². The van der Waals surface area contributed by atoms with E-state index in [9.17, 15) is 4.79 Å². The molecule has 4 heteroatoms. The fourth-order valence-electron chi connectivity index (χ4n) is 2.74. The minimum atomic E-state index is -0.147. The molecule has 2 heterocycles. The average molecular weight is 287 g/mol. The van der Waals surface area contributed by atoms with Crippen LogP contribution in [0.15, 0.2) is 59.4 Å². The molecule has 0 fully saturated rings. The summed E-state index contributed by atoms with van der Waals surface area (Å²) in [5.41, 5.74) is 2.97. The van der Waals surface area contributed by atoms with Crippen LogP contribution in [0.4, 0.5) is 0 Å². The molecule has 0 atom stereocenters. The summed E-state index contributed by atoms with van der Waals surface area (Å²) in [4.78, 5) is 24.4. The molecule has 22 heavy (non-hydrogen) atoms. The minimum absolute atomic E-state index is 0.147. The van der Waals surface area contributed by atoms with Crippen molar-refractivity contribution < 1.29 is 0 Å². The quantitative estimate of drug-likeness (QED) is 0.545. The maximum absolute atomic E-state index is 12.3. The summed E-state index contributed by atoms with van der Waals surface area (Å²) >= 11 is 0. The van der Waals surface area contributed by atoms with Gasteiger partial charge < -0.3 is 4.98 Å². The lowest BCUT2D eigenvalue weighted by molar-refractivity contribution is 1.15. The number of pyridine rings is 1. The zero-order valence-corrected chi connectivity index (χ0v) is 12.0. The highest BCUT2D eigenvalue weighted by Gasteiger charge is 2.12. The van der Waals surface area contributed by atoms with Crippen molar-refractivity contribution >= 4 is 21.8 Å². The highest BCUT2D eigenvalue weighted by molar-refractivity contribution is 6.03. The number of aromatic nitrogens is 3. The molecule has 0 spiro atoms. The highest BCUT2D eigenvalue weighted by Crippen LogP contribution is 2.24. The summed E-state index contributed by atoms with van der Waals surface area (Å²) in [5, 5.41) is 1.48. The van der Waals surface area contributed by atoms with E-state index >= 15 is 0 Å². The van der Waals surface area contributed by atoms with E-state index in [1.54, 1.807) is 0 Å². The van der Waals surface area contributed by atoms with Gasteiger partial charge in [0.25, 0.3) is 5.56 Å². The van der Waals surface area contributed by atoms with Gasteiger partial charge in [0, 0.05) is 10.9 Å². The van der Waals surface area contributed by atoms with E-state index in [1.807, 2.05) is 61.5 Å². The number of nitrogens with zero attached hydrogens (tertiary/aromatic N) is 2. The van der Waals surface area contributed by atoms with Gasteiger partial charge in [-0.1, -0.05) is 48.5 Å². The Kier molecular flexibility index (Phi) is 2.76. The second-order valence-corrected chi connectivity index (χ2v) is 5.22. The first-order valence-corrected chi connectivity index (χ1v) is 7.09. The van der Waals surface area contributed by atoms with Crippen molar-refractivity contribution in [1.29, 1.82) is 0 Å². The van der Waals surface area contributed by atoms with Gasteiger partial charge in [0.1, 0.15) is 0 Å². The van der Waals surface area contributed by atoms with Gasteiger partial charge in [0.2, 0.25) is 0 Å². The summed E-state index contributed by atoms with van der Waals surface area (Å²) in [7, 11) is 0. The predicted molar refractivity (Wildman–Crippen MR) is 87.8 cm³/mol. The van der Waals surface area contributed by atoms with Gasteiger partial charge in [-0.15, -0.1) is 0 Å². The number of H-pyrrole nitrogens is 1. The summed E-state index contributed by atoms with van der Waals surface area (Å²) in [6, 6.07) is 17.5. The first-order valence-electron chi connectivity index (χ1n) is 7.09. The molecule has 4 aromatic rings. The Hall–Kier alpha value is -3.01. The third-order valence-electron chi connectivity index (χ3n) is 3.78. The molecule has 2 aromatic carbocycles. The molecule has 0 saturated carbocycles. The van der Waals surface area contributed by atoms with Crippen LogP contribution in [0.2, 0.25) is 0 Å². The van der Waals surface area contributed by atoms with E-state index in [1.165, 1.54) is 0 Å². The Morgan fingerprint density at radius 3 is 2.45 bits per heavy atom. The van der Waals surface area contributed by atoms with Gasteiger partial charge in [0.05, 0.1) is 22.1 Å². The molecule has 0 unspecified atom stereocenters. The van der Waals surface area contributed by atoms with Crippen molar-refractivity contribution in [2.75, 3.05) is 0 Å². The summed E-state index contributed by atoms with van der Waals surface area (Å²) in [6.07, 6.45) is 0. The molecular formula is C18H13N3O. The Bertz CT molecular complexity index is 1050. The molecule has 0 aliphatic rings. The third-order valence-corrected chi connectivity index (χ3v) is 3.78. The molecule has 0 aliphatic heterocycles. The molecular weight excluding hydrogens is 274 g/mol. The SMILES string of the molecule is Cc1nc(-c2ccccc2)nc2c1c(=O)[nH]c1ccccc12. The predicted octanol–water partition coefficient (Wildman–Crippen LogP) is 3.45. The Morgan fingerprint density at radius 2 is 1.64 bits per heavy atom. The number of para-hydroxylation sites is 1. The lowest BCUT2D eigenvalue weighted by Gasteiger charge is -2.08. The Balaban J connectivity index is 2.17. The molecule has 2 aromatic heterocycles. The summed E-state index contributed by atoms with van der Waals surface area (Å²) in [5.74, 6) is 0.640. The van der Waals surface area contributed by atoms with Gasteiger partial charge in [-0.05, 0) is 13.0 Å². The van der Waals surface area contributed by atoms with Gasteiger partial charge in [0.15, 0.2) is 5.82 Å². The van der Waals surface area contributed by atoms with Crippen LogP contribution in [0.25, 0.3) is 33.2 Å². The van der Waals surface area contributed by atoms with Crippen molar-refractivity contribution in [2.45, 2.75) is 6.92 Å². The number of rotatable bonds is 1. The zero-order chi connectivity index (χ0) is 15.1. The van der Waals surface area contributed by atoms with Gasteiger partial charge in [-0.25, -0.2) is 9.97 Å². The Labute approximate surface area is 126 Å². The Morgan fingerprint density at radius 1 is 0.909 bits per heavy atom. The molecule has 0 radical (unpaired) electrons. The van der Waals surface area contributed by atoms with E-state index in [2.05, 4.69) is 15.0 Å². The van der Waals surface area contributed by atoms with E-state index in [0.29, 0.717) is 22.4 Å². The molecule has 0 saturated heterocycles. The first kappa shape index (κ1) is 12.7. The molecule has 0 amide bonds. The number of aromatic amines is 1. The second-order valence-electron chi connectivity index (χ2n) is 5.22. The van der Waals surface area contributed by atoms with Gasteiger partial charge >= 0.3 is 0 Å². The number of aryl methyl sites for hydroxylation is 1. The third kappa shape index (κ3) is 1.89. The van der Waals surface area contributed by atoms with Crippen molar-refractivity contribution in [2.24, 2.45) is 0 Å². The van der Waals surface area contributed by atoms with E-state index in [0.717, 1.165) is 16.5 Å². The maximum Gasteiger partial charge on any atom is 0.259 e. The molecule has 1 N–H and O–H groups in total. The molecule has 4 rings (SSSR count). The zero-order valence-electron chi connectivity index (χ0n) is 12.0. The van der Waals surface area contributed by atoms with Crippen molar-refractivity contribution in [3.8, 4) is 11.4 Å². The van der Waals surface area contributed by atoms with Crippen molar-refractivity contribution in [3.63, 3.8) is 0 Å². The topological polar surface area (TPSA) is 58.6 Å². The number of hydrogen-bond acceptors (Lipinski definition) is 3.